The van der Waals surface area contributed by atoms with Gasteiger partial charge in [-0.25, -0.2) is 9.78 Å². The van der Waals surface area contributed by atoms with E-state index in [9.17, 15) is 4.79 Å². The van der Waals surface area contributed by atoms with E-state index < -0.39 is 11.7 Å². The van der Waals surface area contributed by atoms with Gasteiger partial charge in [0.2, 0.25) is 5.95 Å². The van der Waals surface area contributed by atoms with Crippen LogP contribution in [0.25, 0.3) is 0 Å². The molecule has 0 aromatic carbocycles. The molecule has 1 saturated heterocycles. The molecule has 0 radical (unpaired) electrons. The highest BCUT2D eigenvalue weighted by molar-refractivity contribution is 5.89. The van der Waals surface area contributed by atoms with Gasteiger partial charge in [-0.05, 0) is 40.7 Å². The number of allylic oxidation sites excluding steroid dienone is 2. The molecule has 0 unspecified atom stereocenters. The second-order valence-corrected chi connectivity index (χ2v) is 5.85. The quantitative estimate of drug-likeness (QED) is 0.829. The Morgan fingerprint density at radius 2 is 2.13 bits per heavy atom. The molecule has 7 nitrogen and oxygen atoms in total. The number of nitrogens with zero attached hydrogens (tertiary/aromatic N) is 3. The number of carbonyl (C=O) groups excluding carboxylic acids is 1. The zero-order valence-corrected chi connectivity index (χ0v) is 14.4. The molecule has 1 fully saturated rings. The van der Waals surface area contributed by atoms with E-state index >= 15 is 0 Å². The Kier molecular flexibility index (Phi) is 6.96. The number of anilines is 2. The monoisotopic (exact) mass is 322 g/mol. The number of cyclic esters (lactones) is 1. The summed E-state index contributed by atoms with van der Waals surface area (Å²) in [6.45, 7) is 9.92. The summed E-state index contributed by atoms with van der Waals surface area (Å²) in [4.78, 5) is 21.5. The number of hydrogen-bond donors (Lipinski definition) is 2. The van der Waals surface area contributed by atoms with Crippen LogP contribution in [0.1, 0.15) is 34.6 Å². The Hall–Kier alpha value is -2.15. The first-order valence-corrected chi connectivity index (χ1v) is 7.61. The van der Waals surface area contributed by atoms with Crippen LogP contribution in [-0.2, 0) is 4.74 Å². The first kappa shape index (κ1) is 18.9. The summed E-state index contributed by atoms with van der Waals surface area (Å²) < 4.78 is 5.22. The average molecular weight is 322 g/mol. The summed E-state index contributed by atoms with van der Waals surface area (Å²) in [7, 11) is 0. The van der Waals surface area contributed by atoms with Crippen LogP contribution in [0.3, 0.4) is 0 Å². The van der Waals surface area contributed by atoms with Gasteiger partial charge in [0, 0.05) is 12.2 Å². The zero-order valence-electron chi connectivity index (χ0n) is 14.4. The molecule has 0 aliphatic carbocycles. The van der Waals surface area contributed by atoms with Crippen molar-refractivity contribution in [2.75, 3.05) is 23.4 Å². The highest BCUT2D eigenvalue weighted by Gasteiger charge is 2.39. The van der Waals surface area contributed by atoms with E-state index in [1.807, 2.05) is 46.8 Å². The second-order valence-electron chi connectivity index (χ2n) is 5.85. The highest BCUT2D eigenvalue weighted by atomic mass is 16.6. The molecule has 0 spiro atoms. The molecular formula is C16H26N4O3. The molecule has 1 atom stereocenters. The Bertz CT molecular complexity index is 542. The molecule has 1 amide bonds. The average Bonchev–Trinajstić information content (AvgIpc) is 2.80. The van der Waals surface area contributed by atoms with Crippen molar-refractivity contribution in [3.8, 4) is 0 Å². The van der Waals surface area contributed by atoms with Crippen molar-refractivity contribution in [2.24, 2.45) is 0 Å². The van der Waals surface area contributed by atoms with Gasteiger partial charge < -0.3 is 15.2 Å². The second kappa shape index (κ2) is 8.47. The third kappa shape index (κ3) is 5.86. The fourth-order valence-electron chi connectivity index (χ4n) is 1.78. The van der Waals surface area contributed by atoms with Crippen LogP contribution in [0.2, 0.25) is 0 Å². The van der Waals surface area contributed by atoms with Gasteiger partial charge in [0.05, 0.1) is 13.2 Å². The van der Waals surface area contributed by atoms with Crippen molar-refractivity contribution in [3.05, 3.63) is 24.4 Å². The van der Waals surface area contributed by atoms with E-state index in [1.54, 1.807) is 12.3 Å². The van der Waals surface area contributed by atoms with E-state index in [0.29, 0.717) is 18.3 Å². The summed E-state index contributed by atoms with van der Waals surface area (Å²) in [5.74, 6) is 0.856. The van der Waals surface area contributed by atoms with E-state index in [-0.39, 0.29) is 12.6 Å². The van der Waals surface area contributed by atoms with Crippen LogP contribution in [-0.4, -0.2) is 46.0 Å². The number of carbonyl (C=O) groups is 1. The van der Waals surface area contributed by atoms with Crippen LogP contribution in [0, 0.1) is 0 Å². The molecule has 23 heavy (non-hydrogen) atoms. The number of amides is 1. The van der Waals surface area contributed by atoms with Crippen LogP contribution >= 0.6 is 0 Å². The molecule has 1 aromatic rings. The van der Waals surface area contributed by atoms with E-state index in [4.69, 9.17) is 9.84 Å². The third-order valence-electron chi connectivity index (χ3n) is 3.02. The maximum Gasteiger partial charge on any atom is 0.416 e. The molecule has 1 aromatic heterocycles. The Morgan fingerprint density at radius 3 is 2.61 bits per heavy atom. The highest BCUT2D eigenvalue weighted by Crippen LogP contribution is 2.26. The lowest BCUT2D eigenvalue weighted by Gasteiger charge is -2.16. The Balaban J connectivity index is 0.000000593. The maximum atomic E-state index is 11.8. The minimum Gasteiger partial charge on any atom is -0.441 e. The molecule has 0 saturated carbocycles. The topological polar surface area (TPSA) is 87.6 Å². The number of hydrogen-bond acceptors (Lipinski definition) is 6. The molecule has 1 aliphatic rings. The van der Waals surface area contributed by atoms with Gasteiger partial charge in [0.1, 0.15) is 11.4 Å². The minimum absolute atomic E-state index is 0.0215. The van der Waals surface area contributed by atoms with Crippen LogP contribution < -0.4 is 10.2 Å². The standard InChI is InChI=1S/C12H18N4O3.C4H8/c1-8(6-17)14-10-13-5-4-9(15-10)16-7-12(2,3)19-11(16)18;1-3-4-2/h4-5,8,17H,6-7H2,1-3H3,(H,13,14,15);3-4H,1-2H3/b;4-3-/t8-;/m0./s1. The lowest BCUT2D eigenvalue weighted by atomic mass is 10.1. The van der Waals surface area contributed by atoms with Gasteiger partial charge in [0.15, 0.2) is 0 Å². The van der Waals surface area contributed by atoms with E-state index in [2.05, 4.69) is 15.3 Å². The van der Waals surface area contributed by atoms with Crippen LogP contribution in [0.5, 0.6) is 0 Å². The lowest BCUT2D eigenvalue weighted by Crippen LogP contribution is -2.29. The van der Waals surface area contributed by atoms with Gasteiger partial charge in [0.25, 0.3) is 0 Å². The number of ether oxygens (including phenoxy) is 1. The smallest absolute Gasteiger partial charge is 0.416 e. The third-order valence-corrected chi connectivity index (χ3v) is 3.02. The summed E-state index contributed by atoms with van der Waals surface area (Å²) >= 11 is 0. The lowest BCUT2D eigenvalue weighted by molar-refractivity contribution is 0.0871. The Labute approximate surface area is 137 Å². The predicted octanol–water partition coefficient (Wildman–Crippen LogP) is 2.59. The number of aliphatic hydroxyl groups excluding tert-OH is 1. The summed E-state index contributed by atoms with van der Waals surface area (Å²) in [6.07, 6.45) is 5.15. The fourth-order valence-corrected chi connectivity index (χ4v) is 1.78. The van der Waals surface area contributed by atoms with Gasteiger partial charge in [-0.2, -0.15) is 4.98 Å². The largest absolute Gasteiger partial charge is 0.441 e. The zero-order chi connectivity index (χ0) is 17.5. The number of aromatic nitrogens is 2. The summed E-state index contributed by atoms with van der Waals surface area (Å²) in [5, 5.41) is 11.9. The number of nitrogens with one attached hydrogen (secondary N) is 1. The Morgan fingerprint density at radius 1 is 1.48 bits per heavy atom. The first-order chi connectivity index (χ1) is 10.8. The summed E-state index contributed by atoms with van der Waals surface area (Å²) in [6, 6.07) is 1.49. The minimum atomic E-state index is -0.520. The van der Waals surface area contributed by atoms with Gasteiger partial charge in [-0.15, -0.1) is 0 Å². The van der Waals surface area contributed by atoms with Crippen molar-refractivity contribution < 1.29 is 14.6 Å². The molecule has 7 heteroatoms. The predicted molar refractivity (Wildman–Crippen MR) is 90.6 cm³/mol. The molecule has 2 heterocycles. The van der Waals surface area contributed by atoms with Gasteiger partial charge in [-0.3, -0.25) is 4.90 Å². The molecule has 2 N–H and O–H groups in total. The van der Waals surface area contributed by atoms with Crippen molar-refractivity contribution in [3.63, 3.8) is 0 Å². The van der Waals surface area contributed by atoms with E-state index in [1.165, 1.54) is 4.90 Å². The number of aliphatic hydroxyl groups is 1. The SMILES string of the molecule is C/C=C\C.C[C@@H](CO)Nc1nccc(N2CC(C)(C)OC2=O)n1. The van der Waals surface area contributed by atoms with Gasteiger partial charge in [-0.1, -0.05) is 12.2 Å². The van der Waals surface area contributed by atoms with Crippen molar-refractivity contribution in [2.45, 2.75) is 46.3 Å². The molecule has 0 bridgehead atoms. The molecule has 128 valence electrons. The van der Waals surface area contributed by atoms with Crippen molar-refractivity contribution in [1.29, 1.82) is 0 Å². The summed E-state index contributed by atoms with van der Waals surface area (Å²) in [5.41, 5.74) is -0.520. The number of rotatable bonds is 4. The van der Waals surface area contributed by atoms with Gasteiger partial charge >= 0.3 is 6.09 Å². The molecule has 2 rings (SSSR count). The molecule has 1 aliphatic heterocycles. The fraction of sp³-hybridized carbons (Fsp3) is 0.562. The normalized spacial score (nSPS) is 17.5. The van der Waals surface area contributed by atoms with Crippen molar-refractivity contribution >= 4 is 17.9 Å². The first-order valence-electron chi connectivity index (χ1n) is 7.61. The van der Waals surface area contributed by atoms with Crippen molar-refractivity contribution in [1.82, 2.24) is 9.97 Å². The van der Waals surface area contributed by atoms with E-state index in [0.717, 1.165) is 0 Å². The van der Waals surface area contributed by atoms with Crippen LogP contribution in [0.4, 0.5) is 16.6 Å². The molecular weight excluding hydrogens is 296 g/mol. The maximum absolute atomic E-state index is 11.8. The van der Waals surface area contributed by atoms with Crippen LogP contribution in [0.15, 0.2) is 24.4 Å².